The Labute approximate surface area is 230 Å². The largest absolute Gasteiger partial charge is 0.395 e. The van der Waals surface area contributed by atoms with Crippen molar-refractivity contribution in [2.24, 2.45) is 0 Å². The number of likely N-dealkylation sites (N-methyl/N-ethyl adjacent to an activating group) is 2. The highest BCUT2D eigenvalue weighted by atomic mass is 32.2. The van der Waals surface area contributed by atoms with Gasteiger partial charge >= 0.3 is 0 Å². The maximum Gasteiger partial charge on any atom is 0.267 e. The molecule has 0 aromatic rings. The third-order valence-electron chi connectivity index (χ3n) is 5.66. The smallest absolute Gasteiger partial charge is 0.267 e. The molecule has 0 aliphatic carbocycles. The van der Waals surface area contributed by atoms with Crippen LogP contribution in [0.25, 0.3) is 0 Å². The molecule has 36 heavy (non-hydrogen) atoms. The summed E-state index contributed by atoms with van der Waals surface area (Å²) in [5.41, 5.74) is 0. The molecule has 0 atom stereocenters. The molecule has 0 aromatic carbocycles. The lowest BCUT2D eigenvalue weighted by Gasteiger charge is -2.20. The van der Waals surface area contributed by atoms with Crippen molar-refractivity contribution in [1.29, 1.82) is 0 Å². The van der Waals surface area contributed by atoms with Crippen molar-refractivity contribution >= 4 is 80.2 Å². The Bertz CT molecular complexity index is 856. The van der Waals surface area contributed by atoms with Gasteiger partial charge in [-0.05, 0) is 26.7 Å². The van der Waals surface area contributed by atoms with Gasteiger partial charge in [-0.25, -0.2) is 0 Å². The molecular formula is C22H32N4O6S4. The van der Waals surface area contributed by atoms with Crippen molar-refractivity contribution in [3.8, 4) is 0 Å². The first-order valence-corrected chi connectivity index (χ1v) is 14.2. The Morgan fingerprint density at radius 3 is 1.44 bits per heavy atom. The SMILES string of the molecule is CCN(CCO)C(=O)CCCN1C(=O)C(=C2SC(=S)N(CCCC(=O)N(CC)CCO)C2=O)SC1=S. The normalized spacial score (nSPS) is 18.0. The molecule has 0 aromatic heterocycles. The molecule has 0 unspecified atom stereocenters. The molecule has 2 N–H and O–H groups in total. The summed E-state index contributed by atoms with van der Waals surface area (Å²) in [6, 6.07) is 0. The van der Waals surface area contributed by atoms with Gasteiger partial charge in [-0.2, -0.15) is 0 Å². The first-order valence-electron chi connectivity index (χ1n) is 11.8. The van der Waals surface area contributed by atoms with Gasteiger partial charge in [-0.1, -0.05) is 48.0 Å². The highest BCUT2D eigenvalue weighted by Gasteiger charge is 2.41. The van der Waals surface area contributed by atoms with E-state index in [1.165, 1.54) is 9.80 Å². The van der Waals surface area contributed by atoms with Crippen molar-refractivity contribution in [3.63, 3.8) is 0 Å². The molecule has 4 amide bonds. The molecule has 14 heteroatoms. The number of thiocarbonyl (C=S) groups is 2. The van der Waals surface area contributed by atoms with E-state index in [-0.39, 0.29) is 85.7 Å². The van der Waals surface area contributed by atoms with Gasteiger partial charge in [-0.3, -0.25) is 29.0 Å². The van der Waals surface area contributed by atoms with E-state index in [2.05, 4.69) is 0 Å². The zero-order chi connectivity index (χ0) is 26.8. The second-order valence-electron chi connectivity index (χ2n) is 7.91. The molecule has 2 aliphatic rings. The van der Waals surface area contributed by atoms with Crippen LogP contribution in [0.3, 0.4) is 0 Å². The molecule has 0 spiro atoms. The summed E-state index contributed by atoms with van der Waals surface area (Å²) in [5.74, 6) is -0.957. The van der Waals surface area contributed by atoms with Gasteiger partial charge in [0.05, 0.1) is 23.0 Å². The predicted octanol–water partition coefficient (Wildman–Crippen LogP) is 1.16. The second kappa shape index (κ2) is 15.0. The number of hydrogen-bond acceptors (Lipinski definition) is 10. The Kier molecular flexibility index (Phi) is 12.8. The number of rotatable bonds is 14. The van der Waals surface area contributed by atoms with Gasteiger partial charge in [0.25, 0.3) is 11.8 Å². The second-order valence-corrected chi connectivity index (χ2v) is 11.2. The topological polar surface area (TPSA) is 122 Å². The number of carbonyl (C=O) groups excluding carboxylic acids is 4. The molecule has 2 aliphatic heterocycles. The summed E-state index contributed by atoms with van der Waals surface area (Å²) in [6.07, 6.45) is 1.24. The fraction of sp³-hybridized carbons (Fsp3) is 0.636. The fourth-order valence-corrected chi connectivity index (χ4v) is 6.48. The van der Waals surface area contributed by atoms with Crippen LogP contribution in [-0.2, 0) is 19.2 Å². The van der Waals surface area contributed by atoms with Crippen LogP contribution in [0.15, 0.2) is 9.81 Å². The first kappa shape index (κ1) is 30.6. The van der Waals surface area contributed by atoms with Crippen LogP contribution in [0.4, 0.5) is 0 Å². The van der Waals surface area contributed by atoms with Gasteiger partial charge in [-0.15, -0.1) is 0 Å². The maximum atomic E-state index is 13.0. The zero-order valence-corrected chi connectivity index (χ0v) is 23.7. The molecule has 2 fully saturated rings. The molecule has 0 bridgehead atoms. The van der Waals surface area contributed by atoms with E-state index in [1.54, 1.807) is 9.80 Å². The Hall–Kier alpha value is -1.58. The van der Waals surface area contributed by atoms with E-state index in [0.29, 0.717) is 34.6 Å². The van der Waals surface area contributed by atoms with Crippen molar-refractivity contribution in [3.05, 3.63) is 9.81 Å². The fourth-order valence-electron chi connectivity index (χ4n) is 3.71. The Morgan fingerprint density at radius 1 is 0.778 bits per heavy atom. The lowest BCUT2D eigenvalue weighted by molar-refractivity contribution is -0.132. The number of nitrogens with zero attached hydrogens (tertiary/aromatic N) is 4. The van der Waals surface area contributed by atoms with E-state index in [9.17, 15) is 19.2 Å². The van der Waals surface area contributed by atoms with Crippen LogP contribution in [0.5, 0.6) is 0 Å². The molecule has 2 heterocycles. The minimum absolute atomic E-state index is 0.102. The van der Waals surface area contributed by atoms with Gasteiger partial charge in [0.2, 0.25) is 11.8 Å². The molecular weight excluding hydrogens is 545 g/mol. The number of hydrogen-bond donors (Lipinski definition) is 2. The third kappa shape index (κ3) is 7.71. The highest BCUT2D eigenvalue weighted by Crippen LogP contribution is 2.42. The monoisotopic (exact) mass is 576 g/mol. The van der Waals surface area contributed by atoms with Crippen LogP contribution in [-0.4, -0.2) is 115 Å². The van der Waals surface area contributed by atoms with Crippen LogP contribution < -0.4 is 0 Å². The summed E-state index contributed by atoms with van der Waals surface area (Å²) in [4.78, 5) is 57.0. The number of aliphatic hydroxyl groups excluding tert-OH is 2. The van der Waals surface area contributed by atoms with Gasteiger partial charge in [0, 0.05) is 52.1 Å². The maximum absolute atomic E-state index is 13.0. The number of thioether (sulfide) groups is 2. The predicted molar refractivity (Wildman–Crippen MR) is 148 cm³/mol. The van der Waals surface area contributed by atoms with E-state index in [4.69, 9.17) is 34.6 Å². The van der Waals surface area contributed by atoms with Crippen LogP contribution in [0.1, 0.15) is 39.5 Å². The number of aliphatic hydroxyl groups is 2. The zero-order valence-electron chi connectivity index (χ0n) is 20.4. The Morgan fingerprint density at radius 2 is 1.14 bits per heavy atom. The summed E-state index contributed by atoms with van der Waals surface area (Å²) in [5, 5.41) is 18.1. The molecule has 2 rings (SSSR count). The van der Waals surface area contributed by atoms with E-state index >= 15 is 0 Å². The van der Waals surface area contributed by atoms with Gasteiger partial charge in [0.15, 0.2) is 0 Å². The summed E-state index contributed by atoms with van der Waals surface area (Å²) in [7, 11) is 0. The van der Waals surface area contributed by atoms with Crippen LogP contribution >= 0.6 is 48.0 Å². The Balaban J connectivity index is 1.96. The number of amides is 4. The van der Waals surface area contributed by atoms with Crippen molar-refractivity contribution in [2.45, 2.75) is 39.5 Å². The quantitative estimate of drug-likeness (QED) is 0.230. The van der Waals surface area contributed by atoms with Crippen molar-refractivity contribution < 1.29 is 29.4 Å². The lowest BCUT2D eigenvalue weighted by Crippen LogP contribution is -2.35. The summed E-state index contributed by atoms with van der Waals surface area (Å²) < 4.78 is 0.647. The molecule has 200 valence electrons. The van der Waals surface area contributed by atoms with Crippen LogP contribution in [0.2, 0.25) is 0 Å². The number of carbonyl (C=O) groups is 4. The molecule has 0 radical (unpaired) electrons. The lowest BCUT2D eigenvalue weighted by atomic mass is 10.2. The van der Waals surface area contributed by atoms with E-state index in [1.807, 2.05) is 13.8 Å². The summed E-state index contributed by atoms with van der Waals surface area (Å²) >= 11 is 12.8. The van der Waals surface area contributed by atoms with E-state index in [0.717, 1.165) is 23.5 Å². The van der Waals surface area contributed by atoms with E-state index < -0.39 is 0 Å². The van der Waals surface area contributed by atoms with Crippen molar-refractivity contribution in [1.82, 2.24) is 19.6 Å². The van der Waals surface area contributed by atoms with Crippen LogP contribution in [0, 0.1) is 0 Å². The average Bonchev–Trinajstić information content (AvgIpc) is 3.29. The van der Waals surface area contributed by atoms with Crippen molar-refractivity contribution in [2.75, 3.05) is 52.5 Å². The minimum Gasteiger partial charge on any atom is -0.395 e. The first-order chi connectivity index (χ1) is 17.2. The third-order valence-corrected chi connectivity index (χ3v) is 8.68. The standard InChI is InChI=1S/C22H32N4O6S4/c1-3-23(11-13-27)15(29)7-5-9-25-19(31)17(35-21(25)33)18-20(32)26(22(34)36-18)10-6-8-16(30)24(4-2)12-14-28/h27-28H,3-14H2,1-2H3. The molecule has 2 saturated heterocycles. The minimum atomic E-state index is -0.376. The van der Waals surface area contributed by atoms with Gasteiger partial charge < -0.3 is 20.0 Å². The molecule has 0 saturated carbocycles. The molecule has 10 nitrogen and oxygen atoms in total. The average molecular weight is 577 g/mol. The van der Waals surface area contributed by atoms with Gasteiger partial charge in [0.1, 0.15) is 8.64 Å². The highest BCUT2D eigenvalue weighted by molar-refractivity contribution is 8.29. The summed E-state index contributed by atoms with van der Waals surface area (Å²) in [6.45, 7) is 5.49.